The van der Waals surface area contributed by atoms with Gasteiger partial charge in [-0.25, -0.2) is 4.79 Å². The predicted molar refractivity (Wildman–Crippen MR) is 92.2 cm³/mol. The second-order valence-corrected chi connectivity index (χ2v) is 9.48. The van der Waals surface area contributed by atoms with E-state index in [1.165, 1.54) is 26.4 Å². The van der Waals surface area contributed by atoms with Gasteiger partial charge >= 0.3 is 11.9 Å². The molecule has 4 aliphatic rings. The van der Waals surface area contributed by atoms with Crippen LogP contribution < -0.4 is 4.74 Å². The average Bonchev–Trinajstić information content (AvgIpc) is 2.52. The van der Waals surface area contributed by atoms with Gasteiger partial charge in [0, 0.05) is 4.32 Å². The van der Waals surface area contributed by atoms with Crippen molar-refractivity contribution in [2.45, 2.75) is 42.8 Å². The molecule has 128 valence electrons. The number of alkyl halides is 1. The number of hydrogen-bond acceptors (Lipinski definition) is 4. The van der Waals surface area contributed by atoms with Crippen LogP contribution in [0.1, 0.15) is 48.9 Å². The van der Waals surface area contributed by atoms with Crippen LogP contribution in [0.15, 0.2) is 24.3 Å². The molecule has 0 spiro atoms. The molecule has 4 fully saturated rings. The molecular formula is C19H21BrO4. The Morgan fingerprint density at radius 3 is 2.25 bits per heavy atom. The van der Waals surface area contributed by atoms with Crippen molar-refractivity contribution >= 4 is 27.9 Å². The second-order valence-electron chi connectivity index (χ2n) is 7.80. The van der Waals surface area contributed by atoms with Crippen molar-refractivity contribution in [2.75, 3.05) is 7.11 Å². The SMILES string of the molecule is COC(=O)c1ccc(OC(=O)C23CC4CC(CC(Br)(C4)C2)C3)cc1. The molecular weight excluding hydrogens is 372 g/mol. The maximum Gasteiger partial charge on any atom is 0.337 e. The number of halogens is 1. The highest BCUT2D eigenvalue weighted by Gasteiger charge is 2.60. The van der Waals surface area contributed by atoms with E-state index in [0.717, 1.165) is 19.3 Å². The number of benzene rings is 1. The molecule has 0 saturated heterocycles. The van der Waals surface area contributed by atoms with Crippen molar-refractivity contribution in [1.82, 2.24) is 0 Å². The molecule has 4 nitrogen and oxygen atoms in total. The highest BCUT2D eigenvalue weighted by Crippen LogP contribution is 2.64. The Hall–Kier alpha value is -1.36. The largest absolute Gasteiger partial charge is 0.465 e. The summed E-state index contributed by atoms with van der Waals surface area (Å²) in [7, 11) is 1.35. The highest BCUT2D eigenvalue weighted by atomic mass is 79.9. The topological polar surface area (TPSA) is 52.6 Å². The van der Waals surface area contributed by atoms with Gasteiger partial charge in [0.1, 0.15) is 5.75 Å². The van der Waals surface area contributed by atoms with Crippen molar-refractivity contribution in [1.29, 1.82) is 0 Å². The van der Waals surface area contributed by atoms with Crippen LogP contribution in [0.4, 0.5) is 0 Å². The third-order valence-electron chi connectivity index (χ3n) is 5.91. The summed E-state index contributed by atoms with van der Waals surface area (Å²) in [5.41, 5.74) is 0.112. The fraction of sp³-hybridized carbons (Fsp3) is 0.579. The molecule has 0 aromatic heterocycles. The van der Waals surface area contributed by atoms with Crippen molar-refractivity contribution in [3.63, 3.8) is 0 Å². The Morgan fingerprint density at radius 2 is 1.71 bits per heavy atom. The molecule has 4 saturated carbocycles. The Kier molecular flexibility index (Phi) is 3.75. The zero-order valence-electron chi connectivity index (χ0n) is 13.7. The number of hydrogen-bond donors (Lipinski definition) is 0. The van der Waals surface area contributed by atoms with Crippen LogP contribution in [0.2, 0.25) is 0 Å². The highest BCUT2D eigenvalue weighted by molar-refractivity contribution is 9.10. The van der Waals surface area contributed by atoms with Gasteiger partial charge in [0.05, 0.1) is 18.1 Å². The number of ether oxygens (including phenoxy) is 2. The molecule has 5 rings (SSSR count). The number of carbonyl (C=O) groups excluding carboxylic acids is 2. The maximum absolute atomic E-state index is 12.9. The first-order valence-corrected chi connectivity index (χ1v) is 9.30. The molecule has 1 aromatic carbocycles. The Morgan fingerprint density at radius 1 is 1.08 bits per heavy atom. The lowest BCUT2D eigenvalue weighted by atomic mass is 9.49. The minimum atomic E-state index is -0.393. The van der Waals surface area contributed by atoms with Gasteiger partial charge in [0.25, 0.3) is 0 Å². The van der Waals surface area contributed by atoms with Gasteiger partial charge in [0.2, 0.25) is 0 Å². The van der Waals surface area contributed by atoms with Gasteiger partial charge in [-0.3, -0.25) is 4.79 Å². The quantitative estimate of drug-likeness (QED) is 0.441. The first-order chi connectivity index (χ1) is 11.4. The van der Waals surface area contributed by atoms with Crippen molar-refractivity contribution in [3.05, 3.63) is 29.8 Å². The molecule has 1 aromatic rings. The smallest absolute Gasteiger partial charge is 0.337 e. The van der Waals surface area contributed by atoms with Gasteiger partial charge in [-0.05, 0) is 74.6 Å². The molecule has 0 N–H and O–H groups in total. The van der Waals surface area contributed by atoms with Crippen molar-refractivity contribution < 1.29 is 19.1 Å². The predicted octanol–water partition coefficient (Wildman–Crippen LogP) is 4.11. The van der Waals surface area contributed by atoms with Crippen LogP contribution in [0.25, 0.3) is 0 Å². The van der Waals surface area contributed by atoms with E-state index in [2.05, 4.69) is 20.7 Å². The lowest BCUT2D eigenvalue weighted by Gasteiger charge is -2.58. The van der Waals surface area contributed by atoms with Crippen molar-refractivity contribution in [2.24, 2.45) is 17.3 Å². The van der Waals surface area contributed by atoms with Crippen LogP contribution in [-0.2, 0) is 9.53 Å². The number of esters is 2. The summed E-state index contributed by atoms with van der Waals surface area (Å²) >= 11 is 3.92. The fourth-order valence-electron chi connectivity index (χ4n) is 5.38. The monoisotopic (exact) mass is 392 g/mol. The van der Waals surface area contributed by atoms with E-state index in [-0.39, 0.29) is 15.7 Å². The molecule has 0 aliphatic heterocycles. The van der Waals surface area contributed by atoms with Gasteiger partial charge in [-0.1, -0.05) is 15.9 Å². The molecule has 5 heteroatoms. The third-order valence-corrected chi connectivity index (χ3v) is 6.84. The van der Waals surface area contributed by atoms with Crippen LogP contribution in [0.3, 0.4) is 0 Å². The summed E-state index contributed by atoms with van der Waals surface area (Å²) in [6.07, 6.45) is 6.42. The maximum atomic E-state index is 12.9. The van der Waals surface area contributed by atoms with E-state index in [4.69, 9.17) is 4.74 Å². The summed E-state index contributed by atoms with van der Waals surface area (Å²) < 4.78 is 10.5. The van der Waals surface area contributed by atoms with Gasteiger partial charge in [-0.15, -0.1) is 0 Å². The third kappa shape index (κ3) is 2.67. The normalized spacial score (nSPS) is 36.4. The molecule has 4 aliphatic carbocycles. The summed E-state index contributed by atoms with van der Waals surface area (Å²) in [6, 6.07) is 6.57. The van der Waals surface area contributed by atoms with E-state index in [0.29, 0.717) is 23.1 Å². The van der Waals surface area contributed by atoms with Crippen LogP contribution >= 0.6 is 15.9 Å². The summed E-state index contributed by atoms with van der Waals surface area (Å²) in [5, 5.41) is 0. The first-order valence-electron chi connectivity index (χ1n) is 8.51. The number of methoxy groups -OCH3 is 1. The molecule has 24 heavy (non-hydrogen) atoms. The molecule has 0 radical (unpaired) electrons. The lowest BCUT2D eigenvalue weighted by molar-refractivity contribution is -0.159. The second kappa shape index (κ2) is 5.58. The van der Waals surface area contributed by atoms with Crippen LogP contribution in [0, 0.1) is 17.3 Å². The van der Waals surface area contributed by atoms with Gasteiger partial charge < -0.3 is 9.47 Å². The Labute approximate surface area is 150 Å². The summed E-state index contributed by atoms with van der Waals surface area (Å²) in [4.78, 5) is 24.4. The van der Waals surface area contributed by atoms with E-state index in [9.17, 15) is 9.59 Å². The standard InChI is InChI=1S/C19H21BrO4/c1-23-16(21)14-2-4-15(5-3-14)24-17(22)18-7-12-6-13(8-18)10-19(20,9-12)11-18/h2-5,12-13H,6-11H2,1H3. The summed E-state index contributed by atoms with van der Waals surface area (Å²) in [6.45, 7) is 0. The first kappa shape index (κ1) is 16.1. The minimum absolute atomic E-state index is 0.105. The minimum Gasteiger partial charge on any atom is -0.465 e. The Balaban J connectivity index is 1.51. The zero-order chi connectivity index (χ0) is 16.9. The van der Waals surface area contributed by atoms with Gasteiger partial charge in [-0.2, -0.15) is 0 Å². The van der Waals surface area contributed by atoms with E-state index >= 15 is 0 Å². The molecule has 2 atom stereocenters. The zero-order valence-corrected chi connectivity index (χ0v) is 15.3. The molecule has 4 bridgehead atoms. The summed E-state index contributed by atoms with van der Waals surface area (Å²) in [5.74, 6) is 1.27. The molecule has 2 unspecified atom stereocenters. The van der Waals surface area contributed by atoms with Gasteiger partial charge in [0.15, 0.2) is 0 Å². The Bertz CT molecular complexity index is 667. The fourth-order valence-corrected chi connectivity index (χ4v) is 6.83. The average molecular weight is 393 g/mol. The molecule has 0 heterocycles. The van der Waals surface area contributed by atoms with Crippen molar-refractivity contribution in [3.8, 4) is 5.75 Å². The lowest BCUT2D eigenvalue weighted by Crippen LogP contribution is -2.56. The van der Waals surface area contributed by atoms with E-state index in [1.807, 2.05) is 0 Å². The van der Waals surface area contributed by atoms with E-state index in [1.54, 1.807) is 24.3 Å². The molecule has 0 amide bonds. The van der Waals surface area contributed by atoms with Crippen LogP contribution in [-0.4, -0.2) is 23.4 Å². The number of carbonyl (C=O) groups is 2. The van der Waals surface area contributed by atoms with Crippen LogP contribution in [0.5, 0.6) is 5.75 Å². The number of rotatable bonds is 3. The van der Waals surface area contributed by atoms with E-state index < -0.39 is 5.97 Å².